The van der Waals surface area contributed by atoms with E-state index in [4.69, 9.17) is 0 Å². The van der Waals surface area contributed by atoms with Gasteiger partial charge in [0.05, 0.1) is 0 Å². The van der Waals surface area contributed by atoms with Gasteiger partial charge in [0, 0.05) is 24.3 Å². The van der Waals surface area contributed by atoms with E-state index in [0.29, 0.717) is 24.0 Å². The summed E-state index contributed by atoms with van der Waals surface area (Å²) < 4.78 is 0. The van der Waals surface area contributed by atoms with Crippen molar-refractivity contribution in [3.8, 4) is 11.1 Å². The number of unbranched alkanes of at least 4 members (excludes halogenated alkanes) is 1. The molecule has 0 radical (unpaired) electrons. The van der Waals surface area contributed by atoms with E-state index in [2.05, 4.69) is 31.2 Å². The molecule has 0 amide bonds. The first-order valence-electron chi connectivity index (χ1n) is 11.4. The lowest BCUT2D eigenvalue weighted by molar-refractivity contribution is -0.124. The van der Waals surface area contributed by atoms with Crippen LogP contribution in [0.2, 0.25) is 0 Å². The predicted molar refractivity (Wildman–Crippen MR) is 120 cm³/mol. The Hall–Kier alpha value is -2.22. The Kier molecular flexibility index (Phi) is 7.80. The smallest absolute Gasteiger partial charge is 0.162 e. The molecule has 2 aromatic rings. The molecule has 154 valence electrons. The first kappa shape index (κ1) is 21.5. The van der Waals surface area contributed by atoms with E-state index < -0.39 is 0 Å². The second kappa shape index (κ2) is 10.5. The minimum atomic E-state index is 0.221. The Balaban J connectivity index is 1.58. The monoisotopic (exact) mass is 390 g/mol. The molecule has 0 N–H and O–H groups in total. The van der Waals surface area contributed by atoms with Gasteiger partial charge in [0.15, 0.2) is 5.78 Å². The van der Waals surface area contributed by atoms with Gasteiger partial charge in [-0.2, -0.15) is 0 Å². The molecule has 1 aliphatic carbocycles. The lowest BCUT2D eigenvalue weighted by Gasteiger charge is -2.28. The first-order valence-corrected chi connectivity index (χ1v) is 11.4. The summed E-state index contributed by atoms with van der Waals surface area (Å²) in [5, 5.41) is 0. The Morgan fingerprint density at radius 2 is 1.34 bits per heavy atom. The second-order valence-electron chi connectivity index (χ2n) is 8.49. The maximum absolute atomic E-state index is 12.3. The molecule has 1 saturated carbocycles. The zero-order valence-electron chi connectivity index (χ0n) is 18.0. The summed E-state index contributed by atoms with van der Waals surface area (Å²) in [4.78, 5) is 24.3. The molecule has 1 aliphatic rings. The van der Waals surface area contributed by atoms with Crippen LogP contribution in [0.25, 0.3) is 11.1 Å². The van der Waals surface area contributed by atoms with Crippen molar-refractivity contribution in [3.63, 3.8) is 0 Å². The predicted octanol–water partition coefficient (Wildman–Crippen LogP) is 7.37. The number of carbonyl (C=O) groups excluding carboxylic acids is 2. The van der Waals surface area contributed by atoms with Crippen LogP contribution >= 0.6 is 0 Å². The molecule has 2 heteroatoms. The van der Waals surface area contributed by atoms with Crippen molar-refractivity contribution in [3.05, 3.63) is 59.7 Å². The molecule has 0 atom stereocenters. The SMILES string of the molecule is CCCCC(=O)C1CCC(c2ccc(-c3ccc(C(=O)CCC)cc3)cc2)CC1. The lowest BCUT2D eigenvalue weighted by Crippen LogP contribution is -2.21. The van der Waals surface area contributed by atoms with Gasteiger partial charge in [-0.15, -0.1) is 0 Å². The van der Waals surface area contributed by atoms with E-state index in [-0.39, 0.29) is 5.78 Å². The molecule has 0 unspecified atom stereocenters. The van der Waals surface area contributed by atoms with Gasteiger partial charge in [0.25, 0.3) is 0 Å². The summed E-state index contributed by atoms with van der Waals surface area (Å²) in [6.45, 7) is 4.18. The summed E-state index contributed by atoms with van der Waals surface area (Å²) >= 11 is 0. The van der Waals surface area contributed by atoms with E-state index >= 15 is 0 Å². The first-order chi connectivity index (χ1) is 14.1. The van der Waals surface area contributed by atoms with Crippen molar-refractivity contribution >= 4 is 11.6 Å². The van der Waals surface area contributed by atoms with Crippen LogP contribution in [0, 0.1) is 5.92 Å². The van der Waals surface area contributed by atoms with Crippen LogP contribution in [0.3, 0.4) is 0 Å². The summed E-state index contributed by atoms with van der Waals surface area (Å²) in [6, 6.07) is 16.9. The highest BCUT2D eigenvalue weighted by Crippen LogP contribution is 2.37. The molecule has 3 rings (SSSR count). The average Bonchev–Trinajstić information content (AvgIpc) is 2.78. The van der Waals surface area contributed by atoms with Crippen LogP contribution in [0.5, 0.6) is 0 Å². The van der Waals surface area contributed by atoms with E-state index in [0.717, 1.165) is 62.5 Å². The highest BCUT2D eigenvalue weighted by atomic mass is 16.1. The lowest BCUT2D eigenvalue weighted by atomic mass is 9.76. The van der Waals surface area contributed by atoms with Gasteiger partial charge in [-0.3, -0.25) is 9.59 Å². The maximum atomic E-state index is 12.3. The van der Waals surface area contributed by atoms with Gasteiger partial charge in [0.2, 0.25) is 0 Å². The van der Waals surface area contributed by atoms with Crippen LogP contribution in [0.4, 0.5) is 0 Å². The van der Waals surface area contributed by atoms with E-state index in [1.807, 2.05) is 31.2 Å². The Bertz CT molecular complexity index is 793. The number of hydrogen-bond acceptors (Lipinski definition) is 2. The fraction of sp³-hybridized carbons (Fsp3) is 0.481. The molecule has 0 heterocycles. The third-order valence-electron chi connectivity index (χ3n) is 6.36. The van der Waals surface area contributed by atoms with Gasteiger partial charge in [-0.1, -0.05) is 68.8 Å². The number of benzene rings is 2. The minimum Gasteiger partial charge on any atom is -0.299 e. The van der Waals surface area contributed by atoms with Crippen molar-refractivity contribution in [2.24, 2.45) is 5.92 Å². The summed E-state index contributed by atoms with van der Waals surface area (Å²) in [5.41, 5.74) is 4.53. The van der Waals surface area contributed by atoms with Gasteiger partial charge in [-0.25, -0.2) is 0 Å². The molecular formula is C27H34O2. The number of rotatable bonds is 9. The van der Waals surface area contributed by atoms with Crippen molar-refractivity contribution in [2.75, 3.05) is 0 Å². The Labute approximate surface area is 175 Å². The van der Waals surface area contributed by atoms with Crippen LogP contribution in [0.15, 0.2) is 48.5 Å². The zero-order chi connectivity index (χ0) is 20.6. The van der Waals surface area contributed by atoms with Crippen molar-refractivity contribution in [1.29, 1.82) is 0 Å². The molecule has 0 spiro atoms. The molecule has 29 heavy (non-hydrogen) atoms. The summed E-state index contributed by atoms with van der Waals surface area (Å²) in [5.74, 6) is 1.58. The average molecular weight is 391 g/mol. The molecule has 0 saturated heterocycles. The number of hydrogen-bond donors (Lipinski definition) is 0. The fourth-order valence-corrected chi connectivity index (χ4v) is 4.47. The molecule has 1 fully saturated rings. The van der Waals surface area contributed by atoms with E-state index in [9.17, 15) is 9.59 Å². The van der Waals surface area contributed by atoms with Crippen LogP contribution in [-0.2, 0) is 4.79 Å². The van der Waals surface area contributed by atoms with Gasteiger partial charge in [-0.05, 0) is 61.1 Å². The number of carbonyl (C=O) groups is 2. The van der Waals surface area contributed by atoms with E-state index in [1.54, 1.807) is 0 Å². The van der Waals surface area contributed by atoms with Crippen molar-refractivity contribution in [1.82, 2.24) is 0 Å². The number of Topliss-reactive ketones (excluding diaryl/α,β-unsaturated/α-hetero) is 2. The van der Waals surface area contributed by atoms with E-state index in [1.165, 1.54) is 11.1 Å². The third kappa shape index (κ3) is 5.65. The van der Waals surface area contributed by atoms with Crippen molar-refractivity contribution in [2.45, 2.75) is 77.6 Å². The van der Waals surface area contributed by atoms with Gasteiger partial charge >= 0.3 is 0 Å². The Morgan fingerprint density at radius 1 is 0.759 bits per heavy atom. The maximum Gasteiger partial charge on any atom is 0.162 e. The standard InChI is InChI=1S/C27H34O2/c1-3-5-7-27(29)25-18-14-23(15-19-25)21-10-8-20(9-11-21)22-12-16-24(17-13-22)26(28)6-4-2/h8-13,16-17,23,25H,3-7,14-15,18-19H2,1-2H3. The van der Waals surface area contributed by atoms with Gasteiger partial charge in [0.1, 0.15) is 5.78 Å². The van der Waals surface area contributed by atoms with Gasteiger partial charge < -0.3 is 0 Å². The molecular weight excluding hydrogens is 356 g/mol. The van der Waals surface area contributed by atoms with Crippen molar-refractivity contribution < 1.29 is 9.59 Å². The Morgan fingerprint density at radius 3 is 1.90 bits per heavy atom. The summed E-state index contributed by atoms with van der Waals surface area (Å²) in [6.07, 6.45) is 8.73. The molecule has 0 aliphatic heterocycles. The normalized spacial score (nSPS) is 19.1. The summed E-state index contributed by atoms with van der Waals surface area (Å²) in [7, 11) is 0. The molecule has 2 nitrogen and oxygen atoms in total. The number of ketones is 2. The van der Waals surface area contributed by atoms with Crippen LogP contribution in [0.1, 0.15) is 93.5 Å². The zero-order valence-corrected chi connectivity index (χ0v) is 18.0. The quantitative estimate of drug-likeness (QED) is 0.419. The highest BCUT2D eigenvalue weighted by Gasteiger charge is 2.26. The largest absolute Gasteiger partial charge is 0.299 e. The van der Waals surface area contributed by atoms with Crippen LogP contribution < -0.4 is 0 Å². The third-order valence-corrected chi connectivity index (χ3v) is 6.36. The molecule has 0 aromatic heterocycles. The molecule has 2 aromatic carbocycles. The topological polar surface area (TPSA) is 34.1 Å². The molecule has 0 bridgehead atoms. The van der Waals surface area contributed by atoms with Crippen LogP contribution in [-0.4, -0.2) is 11.6 Å². The minimum absolute atomic E-state index is 0.221. The fourth-order valence-electron chi connectivity index (χ4n) is 4.47. The second-order valence-corrected chi connectivity index (χ2v) is 8.49. The highest BCUT2D eigenvalue weighted by molar-refractivity contribution is 5.96.